The molecule has 1 aliphatic rings. The Morgan fingerprint density at radius 1 is 1.37 bits per heavy atom. The summed E-state index contributed by atoms with van der Waals surface area (Å²) in [6, 6.07) is 4.10. The average Bonchev–Trinajstić information content (AvgIpc) is 2.62. The predicted molar refractivity (Wildman–Crippen MR) is 77.3 cm³/mol. The SMILES string of the molecule is CCc1cc2c(c(C(O)C(C)(C)C)c1)NC(=O)C2C. The summed E-state index contributed by atoms with van der Waals surface area (Å²) in [4.78, 5) is 11.9. The van der Waals surface area contributed by atoms with Crippen molar-refractivity contribution in [1.29, 1.82) is 0 Å². The monoisotopic (exact) mass is 261 g/mol. The minimum atomic E-state index is -0.585. The zero-order valence-corrected chi connectivity index (χ0v) is 12.4. The van der Waals surface area contributed by atoms with Crippen molar-refractivity contribution in [2.75, 3.05) is 5.32 Å². The Morgan fingerprint density at radius 3 is 2.53 bits per heavy atom. The molecule has 0 bridgehead atoms. The quantitative estimate of drug-likeness (QED) is 0.857. The number of fused-ring (bicyclic) bond motifs is 1. The van der Waals surface area contributed by atoms with Crippen LogP contribution in [0.25, 0.3) is 0 Å². The number of aryl methyl sites for hydroxylation is 1. The van der Waals surface area contributed by atoms with Gasteiger partial charge in [-0.05, 0) is 29.9 Å². The molecule has 0 spiro atoms. The van der Waals surface area contributed by atoms with Gasteiger partial charge < -0.3 is 10.4 Å². The van der Waals surface area contributed by atoms with E-state index < -0.39 is 6.10 Å². The first-order valence-electron chi connectivity index (χ1n) is 6.91. The first kappa shape index (κ1) is 14.1. The summed E-state index contributed by atoms with van der Waals surface area (Å²) in [6.45, 7) is 10.0. The van der Waals surface area contributed by atoms with Crippen molar-refractivity contribution >= 4 is 11.6 Å². The van der Waals surface area contributed by atoms with E-state index in [2.05, 4.69) is 18.3 Å². The number of hydrogen-bond donors (Lipinski definition) is 2. The van der Waals surface area contributed by atoms with Crippen molar-refractivity contribution in [1.82, 2.24) is 0 Å². The second-order valence-corrected chi connectivity index (χ2v) is 6.48. The fourth-order valence-electron chi connectivity index (χ4n) is 2.50. The summed E-state index contributed by atoms with van der Waals surface area (Å²) in [5.74, 6) is -0.113. The molecule has 2 unspecified atom stereocenters. The topological polar surface area (TPSA) is 49.3 Å². The van der Waals surface area contributed by atoms with Crippen LogP contribution in [0.15, 0.2) is 12.1 Å². The largest absolute Gasteiger partial charge is 0.388 e. The second-order valence-electron chi connectivity index (χ2n) is 6.48. The van der Waals surface area contributed by atoms with Gasteiger partial charge in [0.1, 0.15) is 0 Å². The molecule has 0 radical (unpaired) electrons. The number of anilines is 1. The number of aliphatic hydroxyl groups excluding tert-OH is 1. The fraction of sp³-hybridized carbons (Fsp3) is 0.562. The van der Waals surface area contributed by atoms with E-state index in [0.717, 1.165) is 23.2 Å². The van der Waals surface area contributed by atoms with E-state index in [1.165, 1.54) is 5.56 Å². The molecule has 0 aromatic heterocycles. The summed E-state index contributed by atoms with van der Waals surface area (Å²) >= 11 is 0. The molecule has 0 saturated carbocycles. The van der Waals surface area contributed by atoms with Crippen LogP contribution in [-0.4, -0.2) is 11.0 Å². The molecule has 3 heteroatoms. The van der Waals surface area contributed by atoms with Crippen molar-refractivity contribution in [3.8, 4) is 0 Å². The molecule has 2 N–H and O–H groups in total. The Balaban J connectivity index is 2.59. The lowest BCUT2D eigenvalue weighted by Crippen LogP contribution is -2.19. The van der Waals surface area contributed by atoms with Gasteiger partial charge in [0.25, 0.3) is 0 Å². The highest BCUT2D eigenvalue weighted by Gasteiger charge is 2.34. The highest BCUT2D eigenvalue weighted by molar-refractivity contribution is 6.03. The van der Waals surface area contributed by atoms with Gasteiger partial charge in [0.2, 0.25) is 5.91 Å². The second kappa shape index (κ2) is 4.64. The van der Waals surface area contributed by atoms with Gasteiger partial charge >= 0.3 is 0 Å². The fourth-order valence-corrected chi connectivity index (χ4v) is 2.50. The highest BCUT2D eigenvalue weighted by atomic mass is 16.3. The minimum absolute atomic E-state index is 0.0191. The van der Waals surface area contributed by atoms with E-state index in [1.54, 1.807) is 0 Å². The van der Waals surface area contributed by atoms with E-state index in [4.69, 9.17) is 0 Å². The summed E-state index contributed by atoms with van der Waals surface area (Å²) in [5, 5.41) is 13.5. The van der Waals surface area contributed by atoms with Gasteiger partial charge in [0.05, 0.1) is 17.7 Å². The molecule has 1 amide bonds. The van der Waals surface area contributed by atoms with Crippen LogP contribution in [0.3, 0.4) is 0 Å². The van der Waals surface area contributed by atoms with Crippen molar-refractivity contribution in [2.24, 2.45) is 5.41 Å². The van der Waals surface area contributed by atoms with Crippen LogP contribution < -0.4 is 5.32 Å². The van der Waals surface area contributed by atoms with E-state index in [1.807, 2.05) is 33.8 Å². The lowest BCUT2D eigenvalue weighted by Gasteiger charge is -2.28. The number of hydrogen-bond acceptors (Lipinski definition) is 2. The van der Waals surface area contributed by atoms with Gasteiger partial charge in [-0.1, -0.05) is 39.8 Å². The molecule has 1 aliphatic heterocycles. The van der Waals surface area contributed by atoms with Crippen molar-refractivity contribution in [3.63, 3.8) is 0 Å². The van der Waals surface area contributed by atoms with Crippen molar-refractivity contribution in [3.05, 3.63) is 28.8 Å². The molecule has 3 nitrogen and oxygen atoms in total. The Labute approximate surface area is 115 Å². The third kappa shape index (κ3) is 2.39. The smallest absolute Gasteiger partial charge is 0.231 e. The number of rotatable bonds is 2. The van der Waals surface area contributed by atoms with E-state index >= 15 is 0 Å². The summed E-state index contributed by atoms with van der Waals surface area (Å²) in [5.41, 5.74) is 3.59. The number of nitrogens with one attached hydrogen (secondary N) is 1. The Bertz CT molecular complexity index is 514. The van der Waals surface area contributed by atoms with E-state index in [9.17, 15) is 9.90 Å². The van der Waals surface area contributed by atoms with Crippen LogP contribution in [0.4, 0.5) is 5.69 Å². The molecule has 1 aromatic carbocycles. The summed E-state index contributed by atoms with van der Waals surface area (Å²) in [7, 11) is 0. The summed E-state index contributed by atoms with van der Waals surface area (Å²) < 4.78 is 0. The van der Waals surface area contributed by atoms with Crippen LogP contribution in [-0.2, 0) is 11.2 Å². The highest BCUT2D eigenvalue weighted by Crippen LogP contribution is 2.43. The molecule has 1 heterocycles. The Hall–Kier alpha value is -1.35. The van der Waals surface area contributed by atoms with Crippen LogP contribution >= 0.6 is 0 Å². The van der Waals surface area contributed by atoms with Gasteiger partial charge in [-0.3, -0.25) is 4.79 Å². The Kier molecular flexibility index (Phi) is 3.43. The third-order valence-electron chi connectivity index (χ3n) is 3.89. The molecular weight excluding hydrogens is 238 g/mol. The van der Waals surface area contributed by atoms with E-state index in [0.29, 0.717) is 0 Å². The van der Waals surface area contributed by atoms with Gasteiger partial charge in [-0.25, -0.2) is 0 Å². The molecule has 2 rings (SSSR count). The number of benzene rings is 1. The van der Waals surface area contributed by atoms with Crippen LogP contribution in [0, 0.1) is 5.41 Å². The Morgan fingerprint density at radius 2 is 2.00 bits per heavy atom. The molecule has 0 aliphatic carbocycles. The number of aliphatic hydroxyl groups is 1. The van der Waals surface area contributed by atoms with E-state index in [-0.39, 0.29) is 17.2 Å². The number of carbonyl (C=O) groups excluding carboxylic acids is 1. The zero-order chi connectivity index (χ0) is 14.4. The maximum atomic E-state index is 11.9. The molecule has 0 fully saturated rings. The average molecular weight is 261 g/mol. The molecule has 1 aromatic rings. The number of amides is 1. The first-order valence-corrected chi connectivity index (χ1v) is 6.91. The van der Waals surface area contributed by atoms with Gasteiger partial charge in [-0.15, -0.1) is 0 Å². The number of carbonyl (C=O) groups is 1. The molecule has 104 valence electrons. The first-order chi connectivity index (χ1) is 8.75. The van der Waals surface area contributed by atoms with Gasteiger partial charge in [0, 0.05) is 5.56 Å². The van der Waals surface area contributed by atoms with Crippen molar-refractivity contribution < 1.29 is 9.90 Å². The maximum absolute atomic E-state index is 11.9. The normalized spacial score (nSPS) is 20.1. The molecule has 19 heavy (non-hydrogen) atoms. The van der Waals surface area contributed by atoms with Crippen LogP contribution in [0.5, 0.6) is 0 Å². The lowest BCUT2D eigenvalue weighted by molar-refractivity contribution is -0.116. The van der Waals surface area contributed by atoms with Gasteiger partial charge in [-0.2, -0.15) is 0 Å². The van der Waals surface area contributed by atoms with Crippen molar-refractivity contribution in [2.45, 2.75) is 53.1 Å². The molecular formula is C16H23NO2. The standard InChI is InChI=1S/C16H23NO2/c1-6-10-7-11-9(2)15(19)17-13(11)12(8-10)14(18)16(3,4)5/h7-9,14,18H,6H2,1-5H3,(H,17,19). The minimum Gasteiger partial charge on any atom is -0.388 e. The molecule has 2 atom stereocenters. The van der Waals surface area contributed by atoms with Crippen LogP contribution in [0.1, 0.15) is 63.3 Å². The third-order valence-corrected chi connectivity index (χ3v) is 3.89. The lowest BCUT2D eigenvalue weighted by atomic mass is 9.82. The predicted octanol–water partition coefficient (Wildman–Crippen LogP) is 3.38. The molecule has 0 saturated heterocycles. The van der Waals surface area contributed by atoms with Crippen LogP contribution in [0.2, 0.25) is 0 Å². The maximum Gasteiger partial charge on any atom is 0.231 e. The summed E-state index contributed by atoms with van der Waals surface area (Å²) in [6.07, 6.45) is 0.316. The van der Waals surface area contributed by atoms with Gasteiger partial charge in [0.15, 0.2) is 0 Å². The zero-order valence-electron chi connectivity index (χ0n) is 12.4.